The van der Waals surface area contributed by atoms with E-state index in [1.54, 1.807) is 13.8 Å². The van der Waals surface area contributed by atoms with E-state index in [0.29, 0.717) is 24.1 Å². The number of carbonyl (C=O) groups is 5. The summed E-state index contributed by atoms with van der Waals surface area (Å²) in [5.74, 6) is -2.23. The number of aromatic nitrogens is 1. The van der Waals surface area contributed by atoms with Crippen LogP contribution >= 0.6 is 11.6 Å². The Bertz CT molecular complexity index is 1130. The average molecular weight is 641 g/mol. The number of rotatable bonds is 18. The maximum atomic E-state index is 13.1. The number of pyridine rings is 1. The molecule has 0 bridgehead atoms. The standard InChI is InChI=1S/C30H50ClN7O6/c1-9-19(7)26(37-28(41)22-11-12-38(44)16-23(22)31)30(43)34-15-24(39)35-21(13-17(3)4)14-33-20(8)27(40)36-25(18(5)6)29(42)32-10-2/h11-12,16-21,25-26,33H,9-10,13-15H2,1-8H3,(H5-,32,34,35,36,37,39,40,41,42,43,44)/p+1/t19-,20-,21?,25?,26?/m0/s1. The molecule has 0 spiro atoms. The molecule has 0 aliphatic carbocycles. The van der Waals surface area contributed by atoms with Crippen LogP contribution in [-0.2, 0) is 19.2 Å². The lowest BCUT2D eigenvalue weighted by Gasteiger charge is -2.26. The van der Waals surface area contributed by atoms with Crippen LogP contribution in [0.15, 0.2) is 18.5 Å². The maximum absolute atomic E-state index is 13.1. The van der Waals surface area contributed by atoms with Gasteiger partial charge in [0, 0.05) is 29.9 Å². The Morgan fingerprint density at radius 1 is 0.886 bits per heavy atom. The molecule has 0 aliphatic rings. The number of likely N-dealkylation sites (N-methyl/N-ethyl adjacent to an activating group) is 1. The third kappa shape index (κ3) is 13.0. The lowest BCUT2D eigenvalue weighted by atomic mass is 9.98. The molecule has 0 aromatic carbocycles. The maximum Gasteiger partial charge on any atom is 0.253 e. The fraction of sp³-hybridized carbons (Fsp3) is 0.667. The Kier molecular flexibility index (Phi) is 16.7. The summed E-state index contributed by atoms with van der Waals surface area (Å²) < 4.78 is 0.713. The first-order valence-electron chi connectivity index (χ1n) is 15.2. The largest absolute Gasteiger partial charge is 0.355 e. The number of carbonyl (C=O) groups excluding carboxylic acids is 5. The molecule has 0 radical (unpaired) electrons. The van der Waals surface area contributed by atoms with E-state index in [1.807, 2.05) is 41.5 Å². The van der Waals surface area contributed by atoms with E-state index >= 15 is 0 Å². The van der Waals surface area contributed by atoms with Crippen LogP contribution < -0.4 is 36.6 Å². The van der Waals surface area contributed by atoms with Crippen LogP contribution in [0.2, 0.25) is 5.02 Å². The van der Waals surface area contributed by atoms with E-state index in [1.165, 1.54) is 12.3 Å². The van der Waals surface area contributed by atoms with Gasteiger partial charge >= 0.3 is 0 Å². The van der Waals surface area contributed by atoms with Crippen molar-refractivity contribution >= 4 is 41.1 Å². The Balaban J connectivity index is 2.78. The highest BCUT2D eigenvalue weighted by Crippen LogP contribution is 2.15. The molecule has 0 aliphatic heterocycles. The van der Waals surface area contributed by atoms with Crippen molar-refractivity contribution in [2.24, 2.45) is 17.8 Å². The van der Waals surface area contributed by atoms with Gasteiger partial charge in [-0.15, -0.1) is 0 Å². The molecule has 3 unspecified atom stereocenters. The zero-order chi connectivity index (χ0) is 33.6. The van der Waals surface area contributed by atoms with Crippen LogP contribution in [0.5, 0.6) is 0 Å². The van der Waals surface area contributed by atoms with Gasteiger partial charge in [0.1, 0.15) is 17.1 Å². The first kappa shape index (κ1) is 38.6. The van der Waals surface area contributed by atoms with E-state index in [4.69, 9.17) is 11.6 Å². The van der Waals surface area contributed by atoms with Crippen molar-refractivity contribution in [2.45, 2.75) is 92.4 Å². The number of nitrogens with zero attached hydrogens (tertiary/aromatic N) is 1. The molecule has 0 saturated carbocycles. The lowest BCUT2D eigenvalue weighted by molar-refractivity contribution is -0.904. The van der Waals surface area contributed by atoms with Crippen molar-refractivity contribution in [1.29, 1.82) is 0 Å². The van der Waals surface area contributed by atoms with E-state index < -0.39 is 35.8 Å². The summed E-state index contributed by atoms with van der Waals surface area (Å²) in [6.07, 6.45) is 3.60. The van der Waals surface area contributed by atoms with Crippen molar-refractivity contribution in [1.82, 2.24) is 31.9 Å². The summed E-state index contributed by atoms with van der Waals surface area (Å²) in [6, 6.07) is -1.23. The minimum atomic E-state index is -0.931. The van der Waals surface area contributed by atoms with Gasteiger partial charge in [-0.3, -0.25) is 29.2 Å². The highest BCUT2D eigenvalue weighted by atomic mass is 35.5. The monoisotopic (exact) mass is 640 g/mol. The summed E-state index contributed by atoms with van der Waals surface area (Å²) in [5.41, 5.74) is 0.0895. The summed E-state index contributed by atoms with van der Waals surface area (Å²) in [4.78, 5) is 63.9. The highest BCUT2D eigenvalue weighted by molar-refractivity contribution is 6.33. The Morgan fingerprint density at radius 2 is 1.52 bits per heavy atom. The van der Waals surface area contributed by atoms with Crippen molar-refractivity contribution in [3.63, 3.8) is 0 Å². The number of hydrogen-bond acceptors (Lipinski definition) is 7. The predicted molar refractivity (Wildman–Crippen MR) is 167 cm³/mol. The lowest BCUT2D eigenvalue weighted by Crippen LogP contribution is -2.56. The van der Waals surface area contributed by atoms with Crippen molar-refractivity contribution in [3.05, 3.63) is 29.0 Å². The zero-order valence-electron chi connectivity index (χ0n) is 27.1. The van der Waals surface area contributed by atoms with E-state index in [2.05, 4.69) is 31.9 Å². The molecule has 14 heteroatoms. The minimum Gasteiger partial charge on any atom is -0.355 e. The molecular weight excluding hydrogens is 590 g/mol. The second kappa shape index (κ2) is 19.0. The smallest absolute Gasteiger partial charge is 0.253 e. The zero-order valence-corrected chi connectivity index (χ0v) is 27.9. The number of nitrogens with one attached hydrogen (secondary N) is 6. The SMILES string of the molecule is CCNC(=O)C(NC(=O)[C@H](C)NCC(CC(C)C)NC(=O)CNC(=O)C(NC(=O)c1cc[n+](O)cc1Cl)[C@@H](C)CC)C(C)C. The molecule has 44 heavy (non-hydrogen) atoms. The van der Waals surface area contributed by atoms with Crippen LogP contribution in [0.25, 0.3) is 0 Å². The van der Waals surface area contributed by atoms with Gasteiger partial charge in [-0.25, -0.2) is 0 Å². The Hall–Kier alpha value is -3.45. The topological polar surface area (TPSA) is 182 Å². The Labute approximate surface area is 265 Å². The fourth-order valence-electron chi connectivity index (χ4n) is 4.39. The van der Waals surface area contributed by atoms with Gasteiger partial charge in [-0.2, -0.15) is 0 Å². The molecule has 1 rings (SSSR count). The number of halogens is 1. The van der Waals surface area contributed by atoms with E-state index in [0.717, 1.165) is 6.20 Å². The molecule has 0 saturated heterocycles. The number of hydrogen-bond donors (Lipinski definition) is 7. The number of amides is 5. The van der Waals surface area contributed by atoms with Gasteiger partial charge in [0.25, 0.3) is 5.91 Å². The first-order valence-corrected chi connectivity index (χ1v) is 15.6. The summed E-state index contributed by atoms with van der Waals surface area (Å²) >= 11 is 6.07. The second-order valence-electron chi connectivity index (χ2n) is 11.8. The summed E-state index contributed by atoms with van der Waals surface area (Å²) in [5, 5.41) is 26.4. The normalized spacial score (nSPS) is 14.6. The molecular formula is C30H51ClN7O6+. The molecule has 5 amide bonds. The van der Waals surface area contributed by atoms with Crippen molar-refractivity contribution < 1.29 is 33.9 Å². The molecule has 7 N–H and O–H groups in total. The highest BCUT2D eigenvalue weighted by Gasteiger charge is 2.29. The quantitative estimate of drug-likeness (QED) is 0.0919. The third-order valence-electron chi connectivity index (χ3n) is 7.13. The van der Waals surface area contributed by atoms with Gasteiger partial charge < -0.3 is 31.9 Å². The minimum absolute atomic E-state index is 0.00789. The van der Waals surface area contributed by atoms with Gasteiger partial charge in [0.15, 0.2) is 0 Å². The van der Waals surface area contributed by atoms with Crippen molar-refractivity contribution in [2.75, 3.05) is 19.6 Å². The predicted octanol–water partition coefficient (Wildman–Crippen LogP) is 0.911. The molecule has 1 aromatic heterocycles. The molecule has 5 atom stereocenters. The fourth-order valence-corrected chi connectivity index (χ4v) is 4.64. The van der Waals surface area contributed by atoms with Crippen molar-refractivity contribution in [3.8, 4) is 0 Å². The van der Waals surface area contributed by atoms with Gasteiger partial charge in [0.2, 0.25) is 36.0 Å². The molecule has 1 heterocycles. The van der Waals surface area contributed by atoms with Crippen LogP contribution in [0.4, 0.5) is 0 Å². The van der Waals surface area contributed by atoms with E-state index in [-0.39, 0.29) is 59.3 Å². The van der Waals surface area contributed by atoms with E-state index in [9.17, 15) is 29.2 Å². The summed E-state index contributed by atoms with van der Waals surface area (Å²) in [7, 11) is 0. The van der Waals surface area contributed by atoms with Gasteiger partial charge in [-0.05, 0) is 38.0 Å². The molecule has 0 fully saturated rings. The molecule has 1 aromatic rings. The summed E-state index contributed by atoms with van der Waals surface area (Å²) in [6.45, 7) is 15.3. The van der Waals surface area contributed by atoms with Crippen LogP contribution in [0, 0.1) is 17.8 Å². The van der Waals surface area contributed by atoms with Crippen LogP contribution in [-0.4, -0.2) is 78.5 Å². The molecule has 13 nitrogen and oxygen atoms in total. The second-order valence-corrected chi connectivity index (χ2v) is 12.2. The molecule has 248 valence electrons. The van der Waals surface area contributed by atoms with Crippen LogP contribution in [0.3, 0.4) is 0 Å². The third-order valence-corrected chi connectivity index (χ3v) is 7.43. The van der Waals surface area contributed by atoms with Crippen LogP contribution in [0.1, 0.15) is 78.6 Å². The average Bonchev–Trinajstić information content (AvgIpc) is 2.94. The first-order chi connectivity index (χ1) is 20.6. The van der Waals surface area contributed by atoms with Gasteiger partial charge in [-0.1, -0.05) is 59.6 Å². The van der Waals surface area contributed by atoms with Gasteiger partial charge in [0.05, 0.1) is 18.2 Å². The Morgan fingerprint density at radius 3 is 2.07 bits per heavy atom.